The molecule has 2 aliphatic heterocycles. The fraction of sp³-hybridized carbons (Fsp3) is 0.433. The van der Waals surface area contributed by atoms with Gasteiger partial charge in [-0.15, -0.1) is 0 Å². The molecule has 2 aromatic carbocycles. The van der Waals surface area contributed by atoms with Crippen molar-refractivity contribution in [2.45, 2.75) is 56.1 Å². The lowest BCUT2D eigenvalue weighted by Gasteiger charge is -2.41. The number of hydrogen-bond acceptors (Lipinski definition) is 5. The molecule has 200 valence electrons. The van der Waals surface area contributed by atoms with Crippen LogP contribution in [0, 0.1) is 0 Å². The molecule has 5 rings (SSSR count). The second-order valence-corrected chi connectivity index (χ2v) is 11.1. The zero-order chi connectivity index (χ0) is 26.3. The van der Waals surface area contributed by atoms with Crippen LogP contribution in [0.3, 0.4) is 0 Å². The number of hydrogen-bond donors (Lipinski definition) is 0. The van der Waals surface area contributed by atoms with E-state index in [1.165, 1.54) is 5.56 Å². The minimum Gasteiger partial charge on any atom is -0.494 e. The van der Waals surface area contributed by atoms with E-state index in [0.717, 1.165) is 60.9 Å². The van der Waals surface area contributed by atoms with Crippen LogP contribution in [-0.2, 0) is 18.3 Å². The van der Waals surface area contributed by atoms with Crippen molar-refractivity contribution in [3.63, 3.8) is 0 Å². The fourth-order valence-electron chi connectivity index (χ4n) is 5.28. The number of imidazole rings is 1. The largest absolute Gasteiger partial charge is 0.494 e. The summed E-state index contributed by atoms with van der Waals surface area (Å²) in [6.45, 7) is 1.99. The second-order valence-electron chi connectivity index (χ2n) is 10.0. The topological polar surface area (TPSA) is 67.7 Å². The number of piperidine rings is 1. The van der Waals surface area contributed by atoms with Crippen molar-refractivity contribution in [1.82, 2.24) is 14.5 Å². The number of likely N-dealkylation sites (tertiary alicyclic amines) is 1. The van der Waals surface area contributed by atoms with Crippen LogP contribution < -0.4 is 9.64 Å². The number of anilines is 1. The Morgan fingerprint density at radius 1 is 1.03 bits per heavy atom. The maximum Gasteiger partial charge on any atom is 0.253 e. The van der Waals surface area contributed by atoms with Gasteiger partial charge in [0.1, 0.15) is 5.75 Å². The van der Waals surface area contributed by atoms with Crippen LogP contribution in [0.2, 0.25) is 0 Å². The number of benzene rings is 2. The van der Waals surface area contributed by atoms with E-state index in [9.17, 15) is 9.59 Å². The van der Waals surface area contributed by atoms with Crippen molar-refractivity contribution >= 4 is 29.3 Å². The number of aromatic nitrogens is 2. The van der Waals surface area contributed by atoms with Gasteiger partial charge in [-0.1, -0.05) is 30.0 Å². The summed E-state index contributed by atoms with van der Waals surface area (Å²) in [7, 11) is 2.02. The number of para-hydroxylation sites is 1. The molecule has 8 heteroatoms. The highest BCUT2D eigenvalue weighted by Gasteiger charge is 2.33. The van der Waals surface area contributed by atoms with Gasteiger partial charge in [0.2, 0.25) is 5.91 Å². The number of fused-ring (bicyclic) bond motifs is 1. The molecule has 3 aromatic rings. The Hall–Kier alpha value is -3.26. The first-order chi connectivity index (χ1) is 18.6. The highest BCUT2D eigenvalue weighted by Crippen LogP contribution is 2.32. The summed E-state index contributed by atoms with van der Waals surface area (Å²) >= 11 is 1.79. The lowest BCUT2D eigenvalue weighted by molar-refractivity contribution is -0.119. The molecule has 1 fully saturated rings. The molecule has 0 aliphatic carbocycles. The average molecular weight is 533 g/mol. The van der Waals surface area contributed by atoms with E-state index >= 15 is 0 Å². The molecule has 0 spiro atoms. The lowest BCUT2D eigenvalue weighted by Crippen LogP contribution is -2.50. The molecule has 0 radical (unpaired) electrons. The Morgan fingerprint density at radius 3 is 2.58 bits per heavy atom. The van der Waals surface area contributed by atoms with Crippen molar-refractivity contribution in [1.29, 1.82) is 0 Å². The molecular formula is C30H36N4O3S. The smallest absolute Gasteiger partial charge is 0.253 e. The van der Waals surface area contributed by atoms with E-state index in [4.69, 9.17) is 4.74 Å². The van der Waals surface area contributed by atoms with Crippen LogP contribution in [-0.4, -0.2) is 57.8 Å². The molecule has 0 saturated carbocycles. The standard InChI is InChI=1S/C30H36N4O3S/c1-32-20-17-31-30(32)38-22-6-2-5-21-37-26-12-9-24(10-13-26)29(36)33-18-15-25(16-19-33)34-27-8-4-3-7-23(27)11-14-28(34)35/h3-4,7-10,12-13,17,20,25H,2,5-6,11,14-16,18-19,21-22H2,1H3. The van der Waals surface area contributed by atoms with E-state index in [1.807, 2.05) is 70.2 Å². The van der Waals surface area contributed by atoms with Gasteiger partial charge in [-0.2, -0.15) is 0 Å². The summed E-state index contributed by atoms with van der Waals surface area (Å²) in [5.74, 6) is 2.10. The normalized spacial score (nSPS) is 16.0. The molecule has 38 heavy (non-hydrogen) atoms. The molecule has 0 bridgehead atoms. The summed E-state index contributed by atoms with van der Waals surface area (Å²) in [4.78, 5) is 34.1. The van der Waals surface area contributed by atoms with Crippen molar-refractivity contribution in [3.8, 4) is 5.75 Å². The van der Waals surface area contributed by atoms with Gasteiger partial charge in [-0.05, 0) is 74.4 Å². The Labute approximate surface area is 229 Å². The van der Waals surface area contributed by atoms with Crippen LogP contribution >= 0.6 is 11.8 Å². The van der Waals surface area contributed by atoms with E-state index in [-0.39, 0.29) is 17.9 Å². The fourth-order valence-corrected chi connectivity index (χ4v) is 6.21. The third-order valence-corrected chi connectivity index (χ3v) is 8.56. The zero-order valence-electron chi connectivity index (χ0n) is 22.1. The SMILES string of the molecule is Cn1ccnc1SCCCCCOc1ccc(C(=O)N2CCC(N3C(=O)CCc4ccccc43)CC2)cc1. The van der Waals surface area contributed by atoms with Crippen molar-refractivity contribution < 1.29 is 14.3 Å². The van der Waals surface area contributed by atoms with Gasteiger partial charge < -0.3 is 19.1 Å². The quantitative estimate of drug-likeness (QED) is 0.260. The minimum atomic E-state index is 0.0468. The maximum atomic E-state index is 13.1. The predicted octanol–water partition coefficient (Wildman–Crippen LogP) is 5.35. The molecule has 3 heterocycles. The molecule has 7 nitrogen and oxygen atoms in total. The highest BCUT2D eigenvalue weighted by atomic mass is 32.2. The predicted molar refractivity (Wildman–Crippen MR) is 151 cm³/mol. The molecule has 1 saturated heterocycles. The van der Waals surface area contributed by atoms with E-state index in [0.29, 0.717) is 31.7 Å². The van der Waals surface area contributed by atoms with Crippen molar-refractivity contribution in [2.75, 3.05) is 30.3 Å². The number of carbonyl (C=O) groups excluding carboxylic acids is 2. The number of amides is 2. The van der Waals surface area contributed by atoms with E-state index in [2.05, 4.69) is 17.1 Å². The number of unbranched alkanes of at least 4 members (excludes halogenated alkanes) is 2. The average Bonchev–Trinajstić information content (AvgIpc) is 3.37. The van der Waals surface area contributed by atoms with Gasteiger partial charge in [0.15, 0.2) is 5.16 Å². The summed E-state index contributed by atoms with van der Waals surface area (Å²) in [5, 5.41) is 1.06. The molecular weight excluding hydrogens is 496 g/mol. The zero-order valence-corrected chi connectivity index (χ0v) is 22.9. The Bertz CT molecular complexity index is 1230. The van der Waals surface area contributed by atoms with Crippen molar-refractivity contribution in [3.05, 3.63) is 72.1 Å². The van der Waals surface area contributed by atoms with Gasteiger partial charge in [0.05, 0.1) is 6.61 Å². The van der Waals surface area contributed by atoms with Gasteiger partial charge in [0, 0.05) is 62.0 Å². The van der Waals surface area contributed by atoms with Crippen LogP contribution in [0.5, 0.6) is 5.75 Å². The molecule has 0 atom stereocenters. The number of thioether (sulfide) groups is 1. The van der Waals surface area contributed by atoms with E-state index < -0.39 is 0 Å². The third-order valence-electron chi connectivity index (χ3n) is 7.41. The third kappa shape index (κ3) is 6.23. The summed E-state index contributed by atoms with van der Waals surface area (Å²) in [5.41, 5.74) is 2.97. The van der Waals surface area contributed by atoms with Gasteiger partial charge >= 0.3 is 0 Å². The summed E-state index contributed by atoms with van der Waals surface area (Å²) < 4.78 is 7.94. The monoisotopic (exact) mass is 532 g/mol. The van der Waals surface area contributed by atoms with Crippen molar-refractivity contribution in [2.24, 2.45) is 7.05 Å². The van der Waals surface area contributed by atoms with Crippen LogP contribution in [0.15, 0.2) is 66.1 Å². The van der Waals surface area contributed by atoms with Gasteiger partial charge in [-0.25, -0.2) is 4.98 Å². The lowest BCUT2D eigenvalue weighted by atomic mass is 9.95. The Kier molecular flexibility index (Phi) is 8.68. The first kappa shape index (κ1) is 26.4. The minimum absolute atomic E-state index is 0.0468. The maximum absolute atomic E-state index is 13.1. The van der Waals surface area contributed by atoms with Crippen LogP contribution in [0.1, 0.15) is 54.4 Å². The number of carbonyl (C=O) groups is 2. The molecule has 0 N–H and O–H groups in total. The van der Waals surface area contributed by atoms with E-state index in [1.54, 1.807) is 11.8 Å². The first-order valence-electron chi connectivity index (χ1n) is 13.6. The summed E-state index contributed by atoms with van der Waals surface area (Å²) in [6, 6.07) is 15.9. The molecule has 0 unspecified atom stereocenters. The van der Waals surface area contributed by atoms with Crippen LogP contribution in [0.25, 0.3) is 0 Å². The number of ether oxygens (including phenoxy) is 1. The molecule has 1 aromatic heterocycles. The second kappa shape index (κ2) is 12.5. The summed E-state index contributed by atoms with van der Waals surface area (Å²) in [6.07, 6.45) is 10.0. The highest BCUT2D eigenvalue weighted by molar-refractivity contribution is 7.99. The Morgan fingerprint density at radius 2 is 1.82 bits per heavy atom. The number of nitrogens with zero attached hydrogens (tertiary/aromatic N) is 4. The first-order valence-corrected chi connectivity index (χ1v) is 14.6. The van der Waals surface area contributed by atoms with Crippen LogP contribution in [0.4, 0.5) is 5.69 Å². The Balaban J connectivity index is 1.03. The van der Waals surface area contributed by atoms with Gasteiger partial charge in [-0.3, -0.25) is 9.59 Å². The molecule has 2 amide bonds. The van der Waals surface area contributed by atoms with Gasteiger partial charge in [0.25, 0.3) is 5.91 Å². The number of rotatable bonds is 10. The molecule has 2 aliphatic rings. The number of aryl methyl sites for hydroxylation is 2.